The van der Waals surface area contributed by atoms with Gasteiger partial charge in [0.2, 0.25) is 0 Å². The summed E-state index contributed by atoms with van der Waals surface area (Å²) in [4.78, 5) is 5.68. The quantitative estimate of drug-likeness (QED) is 0.710. The van der Waals surface area contributed by atoms with E-state index in [9.17, 15) is 0 Å². The lowest BCUT2D eigenvalue weighted by Crippen LogP contribution is -1.83. The summed E-state index contributed by atoms with van der Waals surface area (Å²) in [5.41, 5.74) is 2.10. The van der Waals surface area contributed by atoms with E-state index in [2.05, 4.69) is 17.1 Å². The maximum Gasteiger partial charge on any atom is 0.142 e. The lowest BCUT2D eigenvalue weighted by atomic mass is 10.2. The van der Waals surface area contributed by atoms with Crippen molar-refractivity contribution in [3.63, 3.8) is 0 Å². The smallest absolute Gasteiger partial charge is 0.142 e. The largest absolute Gasteiger partial charge is 0.495 e. The molecule has 3 rings (SSSR count). The molecule has 0 bridgehead atoms. The van der Waals surface area contributed by atoms with Crippen molar-refractivity contribution in [1.82, 2.24) is 4.98 Å². The summed E-state index contributed by atoms with van der Waals surface area (Å²) in [6.07, 6.45) is 0. The van der Waals surface area contributed by atoms with Gasteiger partial charge in [0.1, 0.15) is 5.75 Å². The number of methoxy groups -OCH3 is 1. The molecule has 2 nitrogen and oxygen atoms in total. The zero-order valence-electron chi connectivity index (χ0n) is 10.1. The Morgan fingerprint density at radius 2 is 2.11 bits per heavy atom. The van der Waals surface area contributed by atoms with Gasteiger partial charge in [-0.2, -0.15) is 0 Å². The molecule has 92 valence electrons. The molecule has 0 atom stereocenters. The second kappa shape index (κ2) is 4.34. The number of fused-ring (bicyclic) bond motifs is 1. The first-order valence-electron chi connectivity index (χ1n) is 5.61. The minimum atomic E-state index is 0.820. The molecule has 0 fully saturated rings. The van der Waals surface area contributed by atoms with Crippen LogP contribution in [0.15, 0.2) is 30.3 Å². The number of benzene rings is 1. The SMILES string of the molecule is COc1cccc2cc(-c3cc(Cl)c(C)s3)[nH]c12. The zero-order chi connectivity index (χ0) is 12.7. The van der Waals surface area contributed by atoms with E-state index in [0.717, 1.165) is 37.1 Å². The molecule has 0 aliphatic carbocycles. The Kier molecular flexibility index (Phi) is 2.80. The van der Waals surface area contributed by atoms with Gasteiger partial charge in [-0.3, -0.25) is 0 Å². The summed E-state index contributed by atoms with van der Waals surface area (Å²) in [6.45, 7) is 2.03. The number of rotatable bonds is 2. The fourth-order valence-corrected chi connectivity index (χ4v) is 3.20. The highest BCUT2D eigenvalue weighted by Gasteiger charge is 2.10. The molecule has 3 aromatic rings. The van der Waals surface area contributed by atoms with Gasteiger partial charge in [-0.25, -0.2) is 0 Å². The number of halogens is 1. The van der Waals surface area contributed by atoms with Crippen LogP contribution in [0, 0.1) is 6.92 Å². The zero-order valence-corrected chi connectivity index (χ0v) is 11.7. The van der Waals surface area contributed by atoms with Gasteiger partial charge in [0.25, 0.3) is 0 Å². The van der Waals surface area contributed by atoms with Crippen LogP contribution in [0.3, 0.4) is 0 Å². The lowest BCUT2D eigenvalue weighted by Gasteiger charge is -1.99. The van der Waals surface area contributed by atoms with Crippen molar-refractivity contribution in [3.05, 3.63) is 40.2 Å². The summed E-state index contributed by atoms with van der Waals surface area (Å²) in [5, 5.41) is 1.96. The molecule has 18 heavy (non-hydrogen) atoms. The summed E-state index contributed by atoms with van der Waals surface area (Å²) < 4.78 is 5.35. The molecule has 1 N–H and O–H groups in total. The van der Waals surface area contributed by atoms with Crippen molar-refractivity contribution in [3.8, 4) is 16.3 Å². The number of thiophene rings is 1. The van der Waals surface area contributed by atoms with Crippen LogP contribution in [0.1, 0.15) is 4.88 Å². The molecule has 0 saturated heterocycles. The van der Waals surface area contributed by atoms with Crippen molar-refractivity contribution >= 4 is 33.8 Å². The van der Waals surface area contributed by atoms with Gasteiger partial charge in [0.15, 0.2) is 0 Å². The molecule has 2 aromatic heterocycles. The Labute approximate surface area is 114 Å². The molecule has 0 spiro atoms. The lowest BCUT2D eigenvalue weighted by molar-refractivity contribution is 0.419. The maximum absolute atomic E-state index is 6.11. The fourth-order valence-electron chi connectivity index (χ4n) is 2.02. The van der Waals surface area contributed by atoms with Gasteiger partial charge in [-0.1, -0.05) is 23.7 Å². The Balaban J connectivity index is 2.19. The van der Waals surface area contributed by atoms with Crippen LogP contribution in [0.5, 0.6) is 5.75 Å². The summed E-state index contributed by atoms with van der Waals surface area (Å²) in [7, 11) is 1.68. The topological polar surface area (TPSA) is 25.0 Å². The highest BCUT2D eigenvalue weighted by molar-refractivity contribution is 7.16. The Morgan fingerprint density at radius 3 is 2.78 bits per heavy atom. The second-order valence-electron chi connectivity index (χ2n) is 4.12. The van der Waals surface area contributed by atoms with Crippen LogP contribution >= 0.6 is 22.9 Å². The maximum atomic E-state index is 6.11. The second-order valence-corrected chi connectivity index (χ2v) is 5.79. The summed E-state index contributed by atoms with van der Waals surface area (Å²) in [6, 6.07) is 10.1. The van der Waals surface area contributed by atoms with Gasteiger partial charge >= 0.3 is 0 Å². The number of nitrogens with one attached hydrogen (secondary N) is 1. The first-order valence-corrected chi connectivity index (χ1v) is 6.80. The molecular weight excluding hydrogens is 266 g/mol. The van der Waals surface area contributed by atoms with Crippen LogP contribution in [-0.2, 0) is 0 Å². The molecule has 0 aliphatic rings. The third-order valence-electron chi connectivity index (χ3n) is 2.96. The van der Waals surface area contributed by atoms with E-state index in [0.29, 0.717) is 0 Å². The van der Waals surface area contributed by atoms with Gasteiger partial charge in [0, 0.05) is 10.3 Å². The van der Waals surface area contributed by atoms with Crippen LogP contribution in [-0.4, -0.2) is 12.1 Å². The highest BCUT2D eigenvalue weighted by Crippen LogP contribution is 2.36. The van der Waals surface area contributed by atoms with Gasteiger partial charge < -0.3 is 9.72 Å². The normalized spacial score (nSPS) is 11.1. The predicted molar refractivity (Wildman–Crippen MR) is 77.9 cm³/mol. The first-order chi connectivity index (χ1) is 8.69. The van der Waals surface area contributed by atoms with E-state index < -0.39 is 0 Å². The van der Waals surface area contributed by atoms with Crippen molar-refractivity contribution in [2.24, 2.45) is 0 Å². The summed E-state index contributed by atoms with van der Waals surface area (Å²) in [5.74, 6) is 0.859. The van der Waals surface area contributed by atoms with Crippen molar-refractivity contribution in [2.45, 2.75) is 6.92 Å². The summed E-state index contributed by atoms with van der Waals surface area (Å²) >= 11 is 7.80. The number of hydrogen-bond acceptors (Lipinski definition) is 2. The molecule has 4 heteroatoms. The van der Waals surface area contributed by atoms with Crippen molar-refractivity contribution in [1.29, 1.82) is 0 Å². The van der Waals surface area contributed by atoms with Gasteiger partial charge in [-0.15, -0.1) is 11.3 Å². The number of H-pyrrole nitrogens is 1. The van der Waals surface area contributed by atoms with Crippen molar-refractivity contribution in [2.75, 3.05) is 7.11 Å². The molecule has 0 radical (unpaired) electrons. The molecule has 0 amide bonds. The Bertz CT molecular complexity index is 694. The molecule has 0 aliphatic heterocycles. The third-order valence-corrected chi connectivity index (χ3v) is 4.55. The molecule has 2 heterocycles. The van der Waals surface area contributed by atoms with Crippen LogP contribution < -0.4 is 4.74 Å². The minimum Gasteiger partial charge on any atom is -0.495 e. The first kappa shape index (κ1) is 11.6. The average molecular weight is 278 g/mol. The van der Waals surface area contributed by atoms with E-state index in [4.69, 9.17) is 16.3 Å². The highest BCUT2D eigenvalue weighted by atomic mass is 35.5. The fraction of sp³-hybridized carbons (Fsp3) is 0.143. The predicted octanol–water partition coefficient (Wildman–Crippen LogP) is 4.87. The Morgan fingerprint density at radius 1 is 1.28 bits per heavy atom. The van der Waals surface area contributed by atoms with Crippen molar-refractivity contribution < 1.29 is 4.74 Å². The van der Waals surface area contributed by atoms with Gasteiger partial charge in [-0.05, 0) is 25.1 Å². The monoisotopic (exact) mass is 277 g/mol. The standard InChI is InChI=1S/C14H12ClNOS/c1-8-10(15)7-13(18-8)11-6-9-4-3-5-12(17-2)14(9)16-11/h3-7,16H,1-2H3. The molecular formula is C14H12ClNOS. The van der Waals surface area contributed by atoms with Crippen LogP contribution in [0.2, 0.25) is 5.02 Å². The third kappa shape index (κ3) is 1.80. The molecule has 0 unspecified atom stereocenters. The van der Waals surface area contributed by atoms with E-state index in [1.165, 1.54) is 0 Å². The number of para-hydroxylation sites is 1. The average Bonchev–Trinajstić information content (AvgIpc) is 2.93. The van der Waals surface area contributed by atoms with E-state index in [1.807, 2.05) is 25.1 Å². The number of aryl methyl sites for hydroxylation is 1. The molecule has 1 aromatic carbocycles. The van der Waals surface area contributed by atoms with Gasteiger partial charge in [0.05, 0.1) is 28.2 Å². The number of aromatic nitrogens is 1. The van der Waals surface area contributed by atoms with E-state index >= 15 is 0 Å². The van der Waals surface area contributed by atoms with E-state index in [1.54, 1.807) is 18.4 Å². The number of hydrogen-bond donors (Lipinski definition) is 1. The van der Waals surface area contributed by atoms with E-state index in [-0.39, 0.29) is 0 Å². The van der Waals surface area contributed by atoms with Crippen LogP contribution in [0.4, 0.5) is 0 Å². The minimum absolute atomic E-state index is 0.820. The number of ether oxygens (including phenoxy) is 1. The number of aromatic amines is 1. The van der Waals surface area contributed by atoms with Crippen LogP contribution in [0.25, 0.3) is 21.5 Å². The molecule has 0 saturated carbocycles. The Hall–Kier alpha value is -1.45.